The van der Waals surface area contributed by atoms with Crippen LogP contribution in [-0.2, 0) is 61.8 Å². The molecule has 5 aliphatic rings. The number of ether oxygens (including phenoxy) is 9. The van der Waals surface area contributed by atoms with Gasteiger partial charge in [-0.25, -0.2) is 4.79 Å². The Balaban J connectivity index is 1.53. The van der Waals surface area contributed by atoms with Crippen LogP contribution in [0.1, 0.15) is 34.1 Å². The first-order valence-corrected chi connectivity index (χ1v) is 22.1. The summed E-state index contributed by atoms with van der Waals surface area (Å²) in [7, 11) is 0. The summed E-state index contributed by atoms with van der Waals surface area (Å²) in [6.07, 6.45) is -43.9. The zero-order valence-corrected chi connectivity index (χ0v) is 38.0. The van der Waals surface area contributed by atoms with Gasteiger partial charge in [0.15, 0.2) is 25.2 Å². The lowest BCUT2D eigenvalue weighted by molar-refractivity contribution is -0.397. The SMILES string of the molecule is CC(=O)N[C@H]1[C@@H](O[C@H]2[C@@H](O)[C@@H](CO)O[C@@H](O[C@H]3[C@@H](O)[C@@H](CO[C@]4(C(=O)O)C[C@H](O)[C@@H](NC(C)=O)[C@H]([C@H](O)[C@H](O)CO)O4)OC(O)[C@@H]3NC(C)=O)[C@@H]2O[C@@H]2O[C@@H](C)[C@@H](O)[C@@H](O)[C@@H]2O)O[C@H](CO)[C@H](O)[C@@H]1O. The van der Waals surface area contributed by atoms with E-state index in [2.05, 4.69) is 16.0 Å². The van der Waals surface area contributed by atoms with E-state index in [1.807, 2.05) is 0 Å². The number of aliphatic carboxylic acids is 1. The average molecular weight is 1020 g/mol. The first-order valence-electron chi connectivity index (χ1n) is 22.1. The largest absolute Gasteiger partial charge is 0.477 e. The Morgan fingerprint density at radius 1 is 0.600 bits per heavy atom. The summed E-state index contributed by atoms with van der Waals surface area (Å²) in [5.41, 5.74) is 0. The number of carbonyl (C=O) groups excluding carboxylic acids is 3. The third-order valence-electron chi connectivity index (χ3n) is 12.5. The summed E-state index contributed by atoms with van der Waals surface area (Å²) in [5.74, 6) is -7.43. The topological polar surface area (TPSA) is 491 Å². The van der Waals surface area contributed by atoms with Gasteiger partial charge in [0.1, 0.15) is 110 Å². The molecule has 0 aliphatic carbocycles. The molecule has 31 nitrogen and oxygen atoms in total. The lowest BCUT2D eigenvalue weighted by atomic mass is 9.88. The lowest BCUT2D eigenvalue weighted by Crippen LogP contribution is -2.71. The second-order valence-electron chi connectivity index (χ2n) is 17.6. The van der Waals surface area contributed by atoms with Crippen molar-refractivity contribution in [2.24, 2.45) is 0 Å². The molecule has 5 aliphatic heterocycles. The molecule has 404 valence electrons. The summed E-state index contributed by atoms with van der Waals surface area (Å²) in [5, 5.41) is 168. The van der Waals surface area contributed by atoms with Gasteiger partial charge in [0, 0.05) is 27.2 Å². The number of hydrogen-bond donors (Lipinski definition) is 18. The predicted octanol–water partition coefficient (Wildman–Crippen LogP) is -11.3. The van der Waals surface area contributed by atoms with Gasteiger partial charge in [-0.2, -0.15) is 0 Å². The number of aliphatic hydroxyl groups is 14. The van der Waals surface area contributed by atoms with Gasteiger partial charge in [-0.1, -0.05) is 0 Å². The maximum atomic E-state index is 12.9. The molecule has 0 spiro atoms. The first-order chi connectivity index (χ1) is 32.8. The molecular weight excluding hydrogens is 958 g/mol. The van der Waals surface area contributed by atoms with E-state index in [1.165, 1.54) is 6.92 Å². The number of amides is 3. The zero-order valence-electron chi connectivity index (χ0n) is 38.0. The number of hydrogen-bond acceptors (Lipinski definition) is 27. The van der Waals surface area contributed by atoms with E-state index in [0.717, 1.165) is 20.8 Å². The zero-order chi connectivity index (χ0) is 52.3. The molecule has 0 aromatic heterocycles. The highest BCUT2D eigenvalue weighted by molar-refractivity contribution is 5.77. The highest BCUT2D eigenvalue weighted by atomic mass is 16.8. The van der Waals surface area contributed by atoms with Crippen LogP contribution in [0, 0.1) is 0 Å². The summed E-state index contributed by atoms with van der Waals surface area (Å²) in [4.78, 5) is 49.7. The first kappa shape index (κ1) is 57.9. The molecule has 5 rings (SSSR count). The summed E-state index contributed by atoms with van der Waals surface area (Å²) in [6.45, 7) is 0.0798. The number of carboxylic acids is 1. The Bertz CT molecular complexity index is 1760. The minimum atomic E-state index is -3.00. The van der Waals surface area contributed by atoms with Crippen LogP contribution in [0.25, 0.3) is 0 Å². The summed E-state index contributed by atoms with van der Waals surface area (Å²) >= 11 is 0. The van der Waals surface area contributed by atoms with Crippen molar-refractivity contribution in [2.45, 2.75) is 193 Å². The van der Waals surface area contributed by atoms with Crippen molar-refractivity contribution in [1.82, 2.24) is 16.0 Å². The fraction of sp³-hybridized carbons (Fsp3) is 0.897. The highest BCUT2D eigenvalue weighted by Crippen LogP contribution is 2.38. The van der Waals surface area contributed by atoms with Crippen molar-refractivity contribution < 1.29 is 138 Å². The molecule has 5 fully saturated rings. The molecule has 0 aromatic rings. The molecule has 18 N–H and O–H groups in total. The monoisotopic (exact) mass is 1020 g/mol. The van der Waals surface area contributed by atoms with Crippen LogP contribution in [0.4, 0.5) is 0 Å². The molecule has 5 heterocycles. The van der Waals surface area contributed by atoms with E-state index < -0.39 is 215 Å². The van der Waals surface area contributed by atoms with E-state index in [0.29, 0.717) is 0 Å². The minimum Gasteiger partial charge on any atom is -0.477 e. The van der Waals surface area contributed by atoms with Gasteiger partial charge in [0.25, 0.3) is 5.79 Å². The van der Waals surface area contributed by atoms with Gasteiger partial charge in [0.05, 0.1) is 44.7 Å². The van der Waals surface area contributed by atoms with Crippen LogP contribution in [0.3, 0.4) is 0 Å². The average Bonchev–Trinajstić information content (AvgIpc) is 3.30. The fourth-order valence-electron chi connectivity index (χ4n) is 8.74. The molecule has 0 radical (unpaired) electrons. The van der Waals surface area contributed by atoms with Gasteiger partial charge < -0.3 is 135 Å². The van der Waals surface area contributed by atoms with Gasteiger partial charge in [-0.3, -0.25) is 14.4 Å². The third kappa shape index (κ3) is 12.6. The molecule has 5 saturated heterocycles. The molecule has 0 bridgehead atoms. The van der Waals surface area contributed by atoms with Crippen molar-refractivity contribution in [3.8, 4) is 0 Å². The minimum absolute atomic E-state index is 0.786. The Hall–Kier alpha value is -3.04. The van der Waals surface area contributed by atoms with E-state index in [4.69, 9.17) is 42.6 Å². The molecule has 0 saturated carbocycles. The van der Waals surface area contributed by atoms with Crippen molar-refractivity contribution in [1.29, 1.82) is 0 Å². The van der Waals surface area contributed by atoms with Crippen LogP contribution >= 0.6 is 0 Å². The molecule has 31 heteroatoms. The van der Waals surface area contributed by atoms with Crippen molar-refractivity contribution in [2.75, 3.05) is 26.4 Å². The van der Waals surface area contributed by atoms with E-state index in [-0.39, 0.29) is 0 Å². The normalized spacial score (nSPS) is 45.5. The molecule has 1 unspecified atom stereocenters. The van der Waals surface area contributed by atoms with Crippen molar-refractivity contribution >= 4 is 23.7 Å². The van der Waals surface area contributed by atoms with Crippen LogP contribution in [0.5, 0.6) is 0 Å². The Morgan fingerprint density at radius 3 is 1.70 bits per heavy atom. The summed E-state index contributed by atoms with van der Waals surface area (Å²) in [6, 6.07) is -5.10. The van der Waals surface area contributed by atoms with E-state index in [9.17, 15) is 95.8 Å². The third-order valence-corrected chi connectivity index (χ3v) is 12.5. The van der Waals surface area contributed by atoms with Crippen molar-refractivity contribution in [3.05, 3.63) is 0 Å². The van der Waals surface area contributed by atoms with Crippen LogP contribution in [0.15, 0.2) is 0 Å². The number of nitrogens with one attached hydrogen (secondary N) is 3. The number of rotatable bonds is 18. The van der Waals surface area contributed by atoms with Crippen LogP contribution in [0.2, 0.25) is 0 Å². The van der Waals surface area contributed by atoms with Crippen molar-refractivity contribution in [3.63, 3.8) is 0 Å². The van der Waals surface area contributed by atoms with Gasteiger partial charge in [-0.15, -0.1) is 0 Å². The maximum absolute atomic E-state index is 12.9. The lowest BCUT2D eigenvalue weighted by Gasteiger charge is -2.51. The fourth-order valence-corrected chi connectivity index (χ4v) is 8.74. The summed E-state index contributed by atoms with van der Waals surface area (Å²) < 4.78 is 52.3. The molecule has 26 atom stereocenters. The van der Waals surface area contributed by atoms with Gasteiger partial charge in [-0.05, 0) is 6.92 Å². The Labute approximate surface area is 397 Å². The smallest absolute Gasteiger partial charge is 0.364 e. The predicted molar refractivity (Wildman–Crippen MR) is 217 cm³/mol. The van der Waals surface area contributed by atoms with Crippen LogP contribution < -0.4 is 16.0 Å². The van der Waals surface area contributed by atoms with Gasteiger partial charge in [0.2, 0.25) is 17.7 Å². The standard InChI is InChI=1S/C39H65N3O28/c1-10-22(51)28(57)29(58)36(63-10)69-33-32(68-35-20(41-12(3)47)27(56)24(53)16(7-44)65-35)25(54)17(8-45)66-37(33)67-30-21(42-13(4)48)34(59)64-18(26(30)55)9-62-39(38(60)61)5-14(49)19(40-11(2)46)31(70-39)23(52)15(50)6-43/h10,14-37,43-45,49-59H,5-9H2,1-4H3,(H,40,46)(H,41,47)(H,42,48)(H,60,61)/t10-,14-,15+,16+,17+,18+,19+,20+,21+,22+,23+,24-,25-,26-,27+,28+,29-,30+,31+,32-,33+,34?,35+,36-,37-,39+/m0/s1. The molecular formula is C39H65N3O28. The quantitative estimate of drug-likeness (QED) is 0.0606. The second kappa shape index (κ2) is 24.3. The second-order valence-corrected chi connectivity index (χ2v) is 17.6. The van der Waals surface area contributed by atoms with E-state index in [1.54, 1.807) is 0 Å². The van der Waals surface area contributed by atoms with Gasteiger partial charge >= 0.3 is 5.97 Å². The number of carboxylic acid groups (broad SMARTS) is 1. The maximum Gasteiger partial charge on any atom is 0.364 e. The van der Waals surface area contributed by atoms with Crippen LogP contribution in [-0.4, -0.2) is 286 Å². The van der Waals surface area contributed by atoms with E-state index >= 15 is 0 Å². The highest BCUT2D eigenvalue weighted by Gasteiger charge is 2.59. The molecule has 3 amide bonds. The Morgan fingerprint density at radius 2 is 1.13 bits per heavy atom. The molecule has 70 heavy (non-hydrogen) atoms. The Kier molecular flexibility index (Phi) is 20.1. The number of carbonyl (C=O) groups is 4. The number of aliphatic hydroxyl groups excluding tert-OH is 14. The molecule has 0 aromatic carbocycles.